The van der Waals surface area contributed by atoms with Gasteiger partial charge in [-0.3, -0.25) is 9.69 Å². The molecule has 0 amide bonds. The SMILES string of the molecule is COCC(C(C)C)N1CCC(C(=O)O)(C(C)C)C1. The van der Waals surface area contributed by atoms with Gasteiger partial charge in [0.1, 0.15) is 0 Å². The summed E-state index contributed by atoms with van der Waals surface area (Å²) < 4.78 is 5.28. The van der Waals surface area contributed by atoms with Gasteiger partial charge in [0.15, 0.2) is 0 Å². The summed E-state index contributed by atoms with van der Waals surface area (Å²) in [5.41, 5.74) is -0.582. The normalized spacial score (nSPS) is 27.1. The van der Waals surface area contributed by atoms with Crippen molar-refractivity contribution in [2.24, 2.45) is 17.3 Å². The van der Waals surface area contributed by atoms with Crippen LogP contribution >= 0.6 is 0 Å². The van der Waals surface area contributed by atoms with Crippen LogP contribution in [-0.4, -0.2) is 48.8 Å². The van der Waals surface area contributed by atoms with Gasteiger partial charge >= 0.3 is 5.97 Å². The van der Waals surface area contributed by atoms with Crippen LogP contribution in [0.2, 0.25) is 0 Å². The van der Waals surface area contributed by atoms with Gasteiger partial charge in [-0.25, -0.2) is 0 Å². The Morgan fingerprint density at radius 2 is 2.00 bits per heavy atom. The van der Waals surface area contributed by atoms with Crippen molar-refractivity contribution in [3.8, 4) is 0 Å². The van der Waals surface area contributed by atoms with Crippen molar-refractivity contribution >= 4 is 5.97 Å². The summed E-state index contributed by atoms with van der Waals surface area (Å²) in [6.45, 7) is 10.5. The third-order valence-corrected chi connectivity index (χ3v) is 4.44. The fourth-order valence-electron chi connectivity index (χ4n) is 2.93. The molecule has 0 aliphatic carbocycles. The van der Waals surface area contributed by atoms with Gasteiger partial charge in [-0.05, 0) is 24.8 Å². The van der Waals surface area contributed by atoms with Gasteiger partial charge in [-0.15, -0.1) is 0 Å². The second-order valence-corrected chi connectivity index (χ2v) is 6.10. The van der Waals surface area contributed by atoms with E-state index in [0.29, 0.717) is 25.1 Å². The summed E-state index contributed by atoms with van der Waals surface area (Å²) in [6, 6.07) is 0.315. The lowest BCUT2D eigenvalue weighted by Crippen LogP contribution is -2.45. The van der Waals surface area contributed by atoms with E-state index >= 15 is 0 Å². The molecule has 1 rings (SSSR count). The lowest BCUT2D eigenvalue weighted by Gasteiger charge is -2.33. The van der Waals surface area contributed by atoms with Crippen LogP contribution in [0.15, 0.2) is 0 Å². The van der Waals surface area contributed by atoms with Gasteiger partial charge in [0.25, 0.3) is 0 Å². The zero-order chi connectivity index (χ0) is 13.9. The summed E-state index contributed by atoms with van der Waals surface area (Å²) in [7, 11) is 1.71. The molecule has 0 aromatic rings. The molecule has 1 N–H and O–H groups in total. The predicted molar refractivity (Wildman–Crippen MR) is 71.6 cm³/mol. The van der Waals surface area contributed by atoms with Gasteiger partial charge in [-0.1, -0.05) is 27.7 Å². The number of hydrogen-bond donors (Lipinski definition) is 1. The molecule has 1 aliphatic heterocycles. The molecule has 1 heterocycles. The van der Waals surface area contributed by atoms with Crippen LogP contribution in [0.3, 0.4) is 0 Å². The maximum Gasteiger partial charge on any atom is 0.311 e. The number of ether oxygens (including phenoxy) is 1. The quantitative estimate of drug-likeness (QED) is 0.791. The Morgan fingerprint density at radius 3 is 2.33 bits per heavy atom. The summed E-state index contributed by atoms with van der Waals surface area (Å²) >= 11 is 0. The van der Waals surface area contributed by atoms with E-state index in [1.807, 2.05) is 13.8 Å². The molecule has 0 aromatic heterocycles. The van der Waals surface area contributed by atoms with Crippen molar-refractivity contribution in [2.45, 2.75) is 40.2 Å². The number of methoxy groups -OCH3 is 1. The van der Waals surface area contributed by atoms with Crippen LogP contribution in [0, 0.1) is 17.3 Å². The lowest BCUT2D eigenvalue weighted by molar-refractivity contribution is -0.151. The predicted octanol–water partition coefficient (Wildman–Crippen LogP) is 2.09. The van der Waals surface area contributed by atoms with Crippen LogP contribution in [0.4, 0.5) is 0 Å². The standard InChI is InChI=1S/C14H27NO3/c1-10(2)12(8-18-5)15-7-6-14(9-15,11(3)4)13(16)17/h10-12H,6-9H2,1-5H3,(H,16,17). The van der Waals surface area contributed by atoms with E-state index in [0.717, 1.165) is 13.0 Å². The summed E-state index contributed by atoms with van der Waals surface area (Å²) in [4.78, 5) is 13.9. The fraction of sp³-hybridized carbons (Fsp3) is 0.929. The Kier molecular flexibility index (Phi) is 5.17. The number of nitrogens with zero attached hydrogens (tertiary/aromatic N) is 1. The zero-order valence-corrected chi connectivity index (χ0v) is 12.3. The van der Waals surface area contributed by atoms with Gasteiger partial charge in [-0.2, -0.15) is 0 Å². The molecule has 1 saturated heterocycles. The molecule has 0 radical (unpaired) electrons. The van der Waals surface area contributed by atoms with Crippen molar-refractivity contribution in [1.29, 1.82) is 0 Å². The molecular formula is C14H27NO3. The molecular weight excluding hydrogens is 230 g/mol. The van der Waals surface area contributed by atoms with Crippen LogP contribution in [0.5, 0.6) is 0 Å². The van der Waals surface area contributed by atoms with Crippen LogP contribution in [0.1, 0.15) is 34.1 Å². The third kappa shape index (κ3) is 2.86. The van der Waals surface area contributed by atoms with Gasteiger partial charge in [0.2, 0.25) is 0 Å². The van der Waals surface area contributed by atoms with Crippen LogP contribution < -0.4 is 0 Å². The van der Waals surface area contributed by atoms with Crippen LogP contribution in [-0.2, 0) is 9.53 Å². The minimum absolute atomic E-state index is 0.162. The average Bonchev–Trinajstić information content (AvgIpc) is 2.71. The number of likely N-dealkylation sites (tertiary alicyclic amines) is 1. The first-order chi connectivity index (χ1) is 8.35. The highest BCUT2D eigenvalue weighted by atomic mass is 16.5. The lowest BCUT2D eigenvalue weighted by atomic mass is 9.76. The highest BCUT2D eigenvalue weighted by Gasteiger charge is 2.48. The maximum atomic E-state index is 11.6. The van der Waals surface area contributed by atoms with Crippen molar-refractivity contribution in [3.63, 3.8) is 0 Å². The molecule has 0 spiro atoms. The van der Waals surface area contributed by atoms with Crippen molar-refractivity contribution in [1.82, 2.24) is 4.90 Å². The summed E-state index contributed by atoms with van der Waals surface area (Å²) in [5, 5.41) is 9.54. The first kappa shape index (κ1) is 15.4. The molecule has 0 saturated carbocycles. The molecule has 4 heteroatoms. The maximum absolute atomic E-state index is 11.6. The molecule has 0 aromatic carbocycles. The monoisotopic (exact) mass is 257 g/mol. The highest BCUT2D eigenvalue weighted by Crippen LogP contribution is 2.39. The Balaban J connectivity index is 2.82. The topological polar surface area (TPSA) is 49.8 Å². The fourth-order valence-corrected chi connectivity index (χ4v) is 2.93. The number of carboxylic acid groups (broad SMARTS) is 1. The molecule has 0 bridgehead atoms. The number of carbonyl (C=O) groups is 1. The van der Waals surface area contributed by atoms with Crippen LogP contribution in [0.25, 0.3) is 0 Å². The van der Waals surface area contributed by atoms with E-state index in [1.54, 1.807) is 7.11 Å². The minimum atomic E-state index is -0.653. The first-order valence-corrected chi connectivity index (χ1v) is 6.81. The van der Waals surface area contributed by atoms with Gasteiger partial charge in [0.05, 0.1) is 12.0 Å². The highest BCUT2D eigenvalue weighted by molar-refractivity contribution is 5.75. The number of rotatable bonds is 6. The third-order valence-electron chi connectivity index (χ3n) is 4.44. The van der Waals surface area contributed by atoms with E-state index in [1.165, 1.54) is 0 Å². The Morgan fingerprint density at radius 1 is 1.39 bits per heavy atom. The van der Waals surface area contributed by atoms with E-state index in [4.69, 9.17) is 4.74 Å². The molecule has 1 fully saturated rings. The van der Waals surface area contributed by atoms with E-state index in [-0.39, 0.29) is 5.92 Å². The molecule has 2 atom stereocenters. The van der Waals surface area contributed by atoms with E-state index < -0.39 is 11.4 Å². The summed E-state index contributed by atoms with van der Waals surface area (Å²) in [5.74, 6) is -0.0167. The second kappa shape index (κ2) is 6.02. The van der Waals surface area contributed by atoms with Crippen molar-refractivity contribution in [3.05, 3.63) is 0 Å². The van der Waals surface area contributed by atoms with Crippen molar-refractivity contribution in [2.75, 3.05) is 26.8 Å². The van der Waals surface area contributed by atoms with Crippen molar-refractivity contribution < 1.29 is 14.6 Å². The average molecular weight is 257 g/mol. The largest absolute Gasteiger partial charge is 0.481 e. The van der Waals surface area contributed by atoms with Gasteiger partial charge < -0.3 is 9.84 Å². The Labute approximate surface area is 110 Å². The number of hydrogen-bond acceptors (Lipinski definition) is 3. The number of aliphatic carboxylic acids is 1. The molecule has 106 valence electrons. The molecule has 4 nitrogen and oxygen atoms in total. The molecule has 1 aliphatic rings. The summed E-state index contributed by atoms with van der Waals surface area (Å²) in [6.07, 6.45) is 0.743. The minimum Gasteiger partial charge on any atom is -0.481 e. The van der Waals surface area contributed by atoms with Gasteiger partial charge in [0, 0.05) is 19.7 Å². The second-order valence-electron chi connectivity index (χ2n) is 6.10. The smallest absolute Gasteiger partial charge is 0.311 e. The first-order valence-electron chi connectivity index (χ1n) is 6.81. The molecule has 2 unspecified atom stereocenters. The molecule has 18 heavy (non-hydrogen) atoms. The zero-order valence-electron chi connectivity index (χ0n) is 12.3. The Hall–Kier alpha value is -0.610. The Bertz CT molecular complexity index is 291. The number of carboxylic acids is 1. The van der Waals surface area contributed by atoms with E-state index in [2.05, 4.69) is 18.7 Å². The van der Waals surface area contributed by atoms with E-state index in [9.17, 15) is 9.90 Å².